The smallest absolute Gasteiger partial charge is 0.247 e. The second-order valence-electron chi connectivity index (χ2n) is 4.83. The van der Waals surface area contributed by atoms with Crippen molar-refractivity contribution in [3.63, 3.8) is 0 Å². The Balaban J connectivity index is 1.67. The first-order valence-corrected chi connectivity index (χ1v) is 7.81. The van der Waals surface area contributed by atoms with Crippen LogP contribution in [0, 0.1) is 11.3 Å². The van der Waals surface area contributed by atoms with Gasteiger partial charge in [-0.05, 0) is 24.2 Å². The zero-order chi connectivity index (χ0) is 14.3. The number of hydrogen-bond acceptors (Lipinski definition) is 4. The Kier molecular flexibility index (Phi) is 5.45. The molecule has 1 aliphatic heterocycles. The lowest BCUT2D eigenvalue weighted by molar-refractivity contribution is -0.126. The molecule has 1 aliphatic rings. The Hall–Kier alpha value is -1.51. The third-order valence-corrected chi connectivity index (χ3v) is 4.42. The van der Waals surface area contributed by atoms with Crippen LogP contribution in [0.5, 0.6) is 0 Å². The van der Waals surface area contributed by atoms with Crippen LogP contribution in [0.1, 0.15) is 12.0 Å². The van der Waals surface area contributed by atoms with Crippen molar-refractivity contribution in [2.24, 2.45) is 0 Å². The summed E-state index contributed by atoms with van der Waals surface area (Å²) in [6.07, 6.45) is 1.50. The number of amides is 1. The van der Waals surface area contributed by atoms with Crippen LogP contribution in [0.4, 0.5) is 0 Å². The first kappa shape index (κ1) is 14.9. The monoisotopic (exact) mass is 290 g/mol. The van der Waals surface area contributed by atoms with Gasteiger partial charge in [-0.3, -0.25) is 4.79 Å². The summed E-state index contributed by atoms with van der Waals surface area (Å²) in [5.41, 5.74) is 0.499. The Morgan fingerprint density at radius 3 is 2.90 bits per heavy atom. The van der Waals surface area contributed by atoms with Gasteiger partial charge in [0.15, 0.2) is 0 Å². The van der Waals surface area contributed by atoms with Gasteiger partial charge in [0, 0.05) is 5.75 Å². The molecule has 1 saturated heterocycles. The lowest BCUT2D eigenvalue weighted by atomic mass is 10.0. The molecule has 0 spiro atoms. The number of thioether (sulfide) groups is 1. The molecule has 1 aromatic carbocycles. The van der Waals surface area contributed by atoms with Gasteiger partial charge in [-0.15, -0.1) is 0 Å². The molecular formula is C15H18N2O2S. The van der Waals surface area contributed by atoms with Crippen LogP contribution < -0.4 is 5.32 Å². The normalized spacial score (nSPS) is 21.4. The molecule has 0 bridgehead atoms. The lowest BCUT2D eigenvalue weighted by Gasteiger charge is -2.21. The predicted molar refractivity (Wildman–Crippen MR) is 79.4 cm³/mol. The average molecular weight is 290 g/mol. The van der Waals surface area contributed by atoms with E-state index < -0.39 is 5.54 Å². The molecule has 1 fully saturated rings. The zero-order valence-corrected chi connectivity index (χ0v) is 12.1. The van der Waals surface area contributed by atoms with Crippen molar-refractivity contribution in [3.8, 4) is 6.07 Å². The van der Waals surface area contributed by atoms with Crippen LogP contribution in [0.3, 0.4) is 0 Å². The maximum atomic E-state index is 11.8. The standard InChI is InChI=1S/C15H18N2O2S/c16-11-15(7-9-20-12-15)17-14(18)10-19-8-6-13-4-2-1-3-5-13/h1-5H,6-10,12H2,(H,17,18). The van der Waals surface area contributed by atoms with E-state index in [9.17, 15) is 4.79 Å². The molecule has 106 valence electrons. The highest BCUT2D eigenvalue weighted by molar-refractivity contribution is 7.99. The molecule has 1 amide bonds. The van der Waals surface area contributed by atoms with Crippen LogP contribution in [0.15, 0.2) is 30.3 Å². The number of carbonyl (C=O) groups excluding carboxylic acids is 1. The number of nitrogens with zero attached hydrogens (tertiary/aromatic N) is 1. The highest BCUT2D eigenvalue weighted by Gasteiger charge is 2.35. The molecule has 20 heavy (non-hydrogen) atoms. The number of hydrogen-bond donors (Lipinski definition) is 1. The topological polar surface area (TPSA) is 62.1 Å². The van der Waals surface area contributed by atoms with E-state index in [1.54, 1.807) is 11.8 Å². The Morgan fingerprint density at radius 1 is 1.45 bits per heavy atom. The molecule has 1 aromatic rings. The summed E-state index contributed by atoms with van der Waals surface area (Å²) < 4.78 is 5.37. The SMILES string of the molecule is N#CC1(NC(=O)COCCc2ccccc2)CCSC1. The number of nitrogens with one attached hydrogen (secondary N) is 1. The predicted octanol–water partition coefficient (Wildman–Crippen LogP) is 1.76. The first-order chi connectivity index (χ1) is 9.74. The van der Waals surface area contributed by atoms with Crippen molar-refractivity contribution in [3.05, 3.63) is 35.9 Å². The minimum Gasteiger partial charge on any atom is -0.371 e. The van der Waals surface area contributed by atoms with Crippen LogP contribution in [-0.2, 0) is 16.0 Å². The Labute approximate surface area is 123 Å². The number of nitriles is 1. The Bertz CT molecular complexity index is 478. The van der Waals surface area contributed by atoms with Crippen molar-refractivity contribution in [2.45, 2.75) is 18.4 Å². The quantitative estimate of drug-likeness (QED) is 0.811. The van der Waals surface area contributed by atoms with E-state index in [-0.39, 0.29) is 12.5 Å². The van der Waals surface area contributed by atoms with Gasteiger partial charge in [-0.2, -0.15) is 17.0 Å². The second-order valence-corrected chi connectivity index (χ2v) is 5.94. The minimum absolute atomic E-state index is 0.0148. The van der Waals surface area contributed by atoms with Gasteiger partial charge >= 0.3 is 0 Å². The summed E-state index contributed by atoms with van der Waals surface area (Å²) >= 11 is 1.70. The zero-order valence-electron chi connectivity index (χ0n) is 11.3. The van der Waals surface area contributed by atoms with Gasteiger partial charge in [-0.25, -0.2) is 0 Å². The van der Waals surface area contributed by atoms with E-state index in [1.807, 2.05) is 30.3 Å². The highest BCUT2D eigenvalue weighted by Crippen LogP contribution is 2.27. The van der Waals surface area contributed by atoms with Crippen molar-refractivity contribution in [1.29, 1.82) is 5.26 Å². The molecule has 2 rings (SSSR count). The summed E-state index contributed by atoms with van der Waals surface area (Å²) in [5, 5.41) is 12.0. The van der Waals surface area contributed by atoms with Gasteiger partial charge in [-0.1, -0.05) is 30.3 Å². The fraction of sp³-hybridized carbons (Fsp3) is 0.467. The summed E-state index contributed by atoms with van der Waals surface area (Å²) in [6.45, 7) is 0.521. The fourth-order valence-corrected chi connectivity index (χ4v) is 3.35. The maximum Gasteiger partial charge on any atom is 0.247 e. The van der Waals surface area contributed by atoms with Gasteiger partial charge in [0.25, 0.3) is 0 Å². The number of ether oxygens (including phenoxy) is 1. The summed E-state index contributed by atoms with van der Waals surface area (Å²) in [6, 6.07) is 12.2. The van der Waals surface area contributed by atoms with E-state index in [2.05, 4.69) is 11.4 Å². The van der Waals surface area contributed by atoms with E-state index in [0.29, 0.717) is 18.8 Å². The maximum absolute atomic E-state index is 11.8. The van der Waals surface area contributed by atoms with E-state index in [1.165, 1.54) is 5.56 Å². The molecule has 1 unspecified atom stereocenters. The molecule has 0 aromatic heterocycles. The van der Waals surface area contributed by atoms with Gasteiger partial charge in [0.1, 0.15) is 12.1 Å². The largest absolute Gasteiger partial charge is 0.371 e. The van der Waals surface area contributed by atoms with E-state index in [4.69, 9.17) is 10.00 Å². The van der Waals surface area contributed by atoms with Crippen LogP contribution in [0.2, 0.25) is 0 Å². The number of rotatable bonds is 6. The van der Waals surface area contributed by atoms with Crippen LogP contribution >= 0.6 is 11.8 Å². The molecule has 0 saturated carbocycles. The molecule has 0 radical (unpaired) electrons. The van der Waals surface area contributed by atoms with Crippen LogP contribution in [-0.4, -0.2) is 36.2 Å². The fourth-order valence-electron chi connectivity index (χ4n) is 2.08. The second kappa shape index (κ2) is 7.32. The summed E-state index contributed by atoms with van der Waals surface area (Å²) in [7, 11) is 0. The van der Waals surface area contributed by atoms with Gasteiger partial charge < -0.3 is 10.1 Å². The summed E-state index contributed by atoms with van der Waals surface area (Å²) in [5.74, 6) is 1.38. The van der Waals surface area contributed by atoms with E-state index in [0.717, 1.165) is 12.2 Å². The molecule has 4 nitrogen and oxygen atoms in total. The third-order valence-electron chi connectivity index (χ3n) is 3.23. The molecule has 1 heterocycles. The van der Waals surface area contributed by atoms with Crippen molar-refractivity contribution >= 4 is 17.7 Å². The van der Waals surface area contributed by atoms with Crippen molar-refractivity contribution in [2.75, 3.05) is 24.7 Å². The van der Waals surface area contributed by atoms with Gasteiger partial charge in [0.2, 0.25) is 5.91 Å². The van der Waals surface area contributed by atoms with Crippen LogP contribution in [0.25, 0.3) is 0 Å². The molecule has 0 aliphatic carbocycles. The summed E-state index contributed by atoms with van der Waals surface area (Å²) in [4.78, 5) is 11.8. The van der Waals surface area contributed by atoms with Crippen molar-refractivity contribution < 1.29 is 9.53 Å². The molecule has 1 N–H and O–H groups in total. The average Bonchev–Trinajstić information content (AvgIpc) is 2.94. The van der Waals surface area contributed by atoms with Crippen molar-refractivity contribution in [1.82, 2.24) is 5.32 Å². The van der Waals surface area contributed by atoms with Gasteiger partial charge in [0.05, 0.1) is 12.7 Å². The molecular weight excluding hydrogens is 272 g/mol. The third kappa shape index (κ3) is 4.26. The molecule has 5 heteroatoms. The van der Waals surface area contributed by atoms with E-state index >= 15 is 0 Å². The Morgan fingerprint density at radius 2 is 2.25 bits per heavy atom. The number of carbonyl (C=O) groups is 1. The molecule has 1 atom stereocenters. The first-order valence-electron chi connectivity index (χ1n) is 6.66. The lowest BCUT2D eigenvalue weighted by Crippen LogP contribution is -2.48. The number of benzene rings is 1. The highest BCUT2D eigenvalue weighted by atomic mass is 32.2. The minimum atomic E-state index is -0.690.